The molecule has 0 saturated heterocycles. The number of aromatic nitrogens is 1. The first-order valence-electron chi connectivity index (χ1n) is 16.4. The Bertz CT molecular complexity index is 2040. The summed E-state index contributed by atoms with van der Waals surface area (Å²) in [6, 6.07) is 8.39. The second kappa shape index (κ2) is 20.9. The highest BCUT2D eigenvalue weighted by Gasteiger charge is 2.36. The summed E-state index contributed by atoms with van der Waals surface area (Å²) >= 11 is 0. The topological polar surface area (TPSA) is 263 Å². The summed E-state index contributed by atoms with van der Waals surface area (Å²) in [5.41, 5.74) is 8.23. The standard InChI is InChI=1S/C31H33F6N9O4.C4H7NO3/c1-4-42-28(48)17-9-25(23(38)14-45(40)18-6-5-16(2)21(11-18)30(32,33)34)44-26(10-17)24(39)15-46(41)19-7-8-20(22(12-19)31(35,36)37)29(49)43-13-27(47)50-3;1-8-4(7)2-5-3-6/h5-12,14-15H,4,13,38-41H2,1-3H3,(H,42,48)(H,43,49);3H,2H2,1H3,(H,5,6)/b23-14-,24-15-;. The zero-order valence-electron chi connectivity index (χ0n) is 31.2. The number of pyridine rings is 1. The van der Waals surface area contributed by atoms with Crippen molar-refractivity contribution in [3.8, 4) is 0 Å². The van der Waals surface area contributed by atoms with Crippen LogP contribution in [0.4, 0.5) is 37.7 Å². The summed E-state index contributed by atoms with van der Waals surface area (Å²) in [6.45, 7) is 2.44. The van der Waals surface area contributed by atoms with E-state index >= 15 is 0 Å². The van der Waals surface area contributed by atoms with Crippen LogP contribution in [-0.4, -0.2) is 69.0 Å². The van der Waals surface area contributed by atoms with Crippen LogP contribution in [0.3, 0.4) is 0 Å². The fourth-order valence-corrected chi connectivity index (χ4v) is 4.52. The minimum Gasteiger partial charge on any atom is -0.468 e. The number of carbonyl (C=O) groups excluding carboxylic acids is 5. The van der Waals surface area contributed by atoms with Gasteiger partial charge < -0.3 is 36.9 Å². The summed E-state index contributed by atoms with van der Waals surface area (Å²) in [6.07, 6.45) is -7.17. The molecule has 1 aromatic heterocycles. The number of rotatable bonds is 14. The van der Waals surface area contributed by atoms with E-state index in [2.05, 4.69) is 25.1 Å². The molecule has 0 spiro atoms. The lowest BCUT2D eigenvalue weighted by Gasteiger charge is -2.20. The van der Waals surface area contributed by atoms with Gasteiger partial charge in [-0.15, -0.1) is 0 Å². The number of aryl methyl sites for hydroxylation is 1. The zero-order valence-corrected chi connectivity index (χ0v) is 31.2. The lowest BCUT2D eigenvalue weighted by molar-refractivity contribution is -0.140. The fourth-order valence-electron chi connectivity index (χ4n) is 4.52. The Kier molecular flexibility index (Phi) is 17.0. The molecule has 0 radical (unpaired) electrons. The summed E-state index contributed by atoms with van der Waals surface area (Å²) in [4.78, 5) is 60.4. The van der Waals surface area contributed by atoms with Gasteiger partial charge in [-0.2, -0.15) is 26.3 Å². The number of alkyl halides is 6. The van der Waals surface area contributed by atoms with Crippen LogP contribution in [0.25, 0.3) is 11.4 Å². The van der Waals surface area contributed by atoms with E-state index in [-0.39, 0.29) is 58.4 Å². The number of hydrogen-bond acceptors (Lipinski definition) is 14. The van der Waals surface area contributed by atoms with Crippen molar-refractivity contribution in [2.24, 2.45) is 23.2 Å². The van der Waals surface area contributed by atoms with Crippen LogP contribution in [0.15, 0.2) is 60.9 Å². The molecular weight excluding hydrogens is 786 g/mol. The van der Waals surface area contributed by atoms with Crippen molar-refractivity contribution in [1.29, 1.82) is 0 Å². The third-order valence-corrected chi connectivity index (χ3v) is 7.43. The van der Waals surface area contributed by atoms with Crippen molar-refractivity contribution >= 4 is 52.9 Å². The molecule has 0 aliphatic rings. The van der Waals surface area contributed by atoms with Crippen LogP contribution in [0, 0.1) is 6.92 Å². The molecule has 58 heavy (non-hydrogen) atoms. The number of ether oxygens (including phenoxy) is 2. The normalized spacial score (nSPS) is 11.7. The lowest BCUT2D eigenvalue weighted by atomic mass is 10.0. The fraction of sp³-hybridized carbons (Fsp3) is 0.257. The largest absolute Gasteiger partial charge is 0.468 e. The lowest BCUT2D eigenvalue weighted by Crippen LogP contribution is -2.32. The summed E-state index contributed by atoms with van der Waals surface area (Å²) in [5.74, 6) is 8.90. The Morgan fingerprint density at radius 1 is 0.741 bits per heavy atom. The van der Waals surface area contributed by atoms with E-state index in [0.717, 1.165) is 42.7 Å². The molecule has 314 valence electrons. The predicted molar refractivity (Wildman–Crippen MR) is 198 cm³/mol. The molecule has 0 fully saturated rings. The van der Waals surface area contributed by atoms with Crippen molar-refractivity contribution in [3.63, 3.8) is 0 Å². The number of carbonyl (C=O) groups is 5. The third-order valence-electron chi connectivity index (χ3n) is 7.43. The van der Waals surface area contributed by atoms with E-state index in [4.69, 9.17) is 23.2 Å². The second-order valence-corrected chi connectivity index (χ2v) is 11.5. The Hall–Kier alpha value is -6.88. The van der Waals surface area contributed by atoms with Gasteiger partial charge in [0.2, 0.25) is 6.41 Å². The van der Waals surface area contributed by atoms with E-state index in [0.29, 0.717) is 17.5 Å². The maximum atomic E-state index is 13.9. The first-order valence-corrected chi connectivity index (χ1v) is 16.4. The number of hydrogen-bond donors (Lipinski definition) is 7. The highest BCUT2D eigenvalue weighted by molar-refractivity contribution is 5.98. The van der Waals surface area contributed by atoms with Gasteiger partial charge >= 0.3 is 24.3 Å². The molecule has 0 bridgehead atoms. The van der Waals surface area contributed by atoms with Crippen LogP contribution in [-0.2, 0) is 36.2 Å². The number of nitrogens with two attached hydrogens (primary N) is 4. The number of benzene rings is 2. The van der Waals surface area contributed by atoms with Gasteiger partial charge in [0, 0.05) is 24.5 Å². The smallest absolute Gasteiger partial charge is 0.417 e. The van der Waals surface area contributed by atoms with E-state index in [1.165, 1.54) is 38.3 Å². The molecule has 23 heteroatoms. The van der Waals surface area contributed by atoms with Crippen LogP contribution in [0.5, 0.6) is 0 Å². The molecule has 2 aromatic carbocycles. The third kappa shape index (κ3) is 13.7. The molecule has 3 amide bonds. The van der Waals surface area contributed by atoms with Crippen LogP contribution in [0.2, 0.25) is 0 Å². The molecule has 0 unspecified atom stereocenters. The van der Waals surface area contributed by atoms with E-state index in [1.807, 2.05) is 5.32 Å². The van der Waals surface area contributed by atoms with Crippen molar-refractivity contribution in [2.45, 2.75) is 26.2 Å². The molecular formula is C35H40F6N10O7. The van der Waals surface area contributed by atoms with Gasteiger partial charge in [0.05, 0.1) is 65.1 Å². The van der Waals surface area contributed by atoms with Crippen LogP contribution < -0.4 is 49.1 Å². The molecule has 0 saturated carbocycles. The van der Waals surface area contributed by atoms with Crippen LogP contribution >= 0.6 is 0 Å². The average molecular weight is 827 g/mol. The Morgan fingerprint density at radius 2 is 1.22 bits per heavy atom. The minimum absolute atomic E-state index is 0.0111. The molecule has 3 rings (SSSR count). The summed E-state index contributed by atoms with van der Waals surface area (Å²) < 4.78 is 90.7. The Labute approximate surface area is 326 Å². The molecule has 0 atom stereocenters. The van der Waals surface area contributed by atoms with E-state index < -0.39 is 59.3 Å². The van der Waals surface area contributed by atoms with E-state index in [9.17, 15) is 50.3 Å². The van der Waals surface area contributed by atoms with Gasteiger partial charge in [-0.25, -0.2) is 16.7 Å². The first-order chi connectivity index (χ1) is 27.1. The zero-order chi connectivity index (χ0) is 44.0. The monoisotopic (exact) mass is 826 g/mol. The molecule has 0 aliphatic heterocycles. The average Bonchev–Trinajstić information content (AvgIpc) is 3.17. The maximum absolute atomic E-state index is 13.9. The number of halogens is 6. The number of anilines is 2. The summed E-state index contributed by atoms with van der Waals surface area (Å²) in [5, 5.41) is 8.28. The van der Waals surface area contributed by atoms with Crippen LogP contribution in [0.1, 0.15) is 55.7 Å². The molecule has 0 aliphatic carbocycles. The number of amides is 3. The van der Waals surface area contributed by atoms with Crippen molar-refractivity contribution in [3.05, 3.63) is 100 Å². The SMILES string of the molecule is CCNC(=O)c1cc(/C(N)=C/N(N)c2ccc(C)c(C(F)(F)F)c2)nc(/C(N)=C/N(N)c2ccc(C(=O)NCC(=O)OC)c(C(F)(F)F)c2)c1.COC(=O)CNC=O. The van der Waals surface area contributed by atoms with Crippen molar-refractivity contribution in [1.82, 2.24) is 20.9 Å². The molecule has 3 aromatic rings. The minimum atomic E-state index is -5.02. The van der Waals surface area contributed by atoms with Crippen molar-refractivity contribution in [2.75, 3.05) is 43.9 Å². The number of nitrogens with zero attached hydrogens (tertiary/aromatic N) is 3. The van der Waals surface area contributed by atoms with Gasteiger partial charge in [-0.05, 0) is 61.9 Å². The highest BCUT2D eigenvalue weighted by atomic mass is 19.4. The Balaban J connectivity index is 0.00000131. The quantitative estimate of drug-likeness (QED) is 0.0405. The van der Waals surface area contributed by atoms with Gasteiger partial charge in [0.1, 0.15) is 13.1 Å². The van der Waals surface area contributed by atoms with E-state index in [1.54, 1.807) is 6.92 Å². The van der Waals surface area contributed by atoms with Gasteiger partial charge in [-0.3, -0.25) is 34.0 Å². The highest BCUT2D eigenvalue weighted by Crippen LogP contribution is 2.35. The van der Waals surface area contributed by atoms with Gasteiger partial charge in [-0.1, -0.05) is 6.07 Å². The summed E-state index contributed by atoms with van der Waals surface area (Å²) in [7, 11) is 2.30. The Morgan fingerprint density at radius 3 is 1.69 bits per heavy atom. The molecule has 17 nitrogen and oxygen atoms in total. The molecule has 1 heterocycles. The second-order valence-electron chi connectivity index (χ2n) is 11.5. The maximum Gasteiger partial charge on any atom is 0.417 e. The van der Waals surface area contributed by atoms with Crippen molar-refractivity contribution < 1.29 is 59.8 Å². The number of hydrazine groups is 2. The van der Waals surface area contributed by atoms with Gasteiger partial charge in [0.25, 0.3) is 11.8 Å². The number of esters is 2. The predicted octanol–water partition coefficient (Wildman–Crippen LogP) is 2.26. The number of methoxy groups -OCH3 is 2. The number of nitrogens with one attached hydrogen (secondary N) is 3. The molecule has 11 N–H and O–H groups in total. The first kappa shape index (κ1) is 47.3. The van der Waals surface area contributed by atoms with Gasteiger partial charge in [0.15, 0.2) is 0 Å².